The minimum atomic E-state index is -3.67. The van der Waals surface area contributed by atoms with E-state index in [1.165, 1.54) is 11.4 Å². The zero-order valence-electron chi connectivity index (χ0n) is 14.2. The predicted octanol–water partition coefficient (Wildman–Crippen LogP) is 0.741. The first-order valence-corrected chi connectivity index (χ1v) is 9.35. The zero-order valence-corrected chi connectivity index (χ0v) is 15.0. The van der Waals surface area contributed by atoms with E-state index in [4.69, 9.17) is 9.63 Å². The highest BCUT2D eigenvalue weighted by Crippen LogP contribution is 2.21. The fourth-order valence-corrected chi connectivity index (χ4v) is 3.94. The Kier molecular flexibility index (Phi) is 5.94. The maximum absolute atomic E-state index is 12.6. The summed E-state index contributed by atoms with van der Waals surface area (Å²) in [6, 6.07) is 0. The van der Waals surface area contributed by atoms with Crippen molar-refractivity contribution in [3.05, 3.63) is 11.7 Å². The first-order chi connectivity index (χ1) is 11.2. The van der Waals surface area contributed by atoms with Crippen molar-refractivity contribution < 1.29 is 22.8 Å². The number of aliphatic carboxylic acids is 1. The average molecular weight is 360 g/mol. The van der Waals surface area contributed by atoms with Crippen LogP contribution in [-0.2, 0) is 28.0 Å². The van der Waals surface area contributed by atoms with Gasteiger partial charge in [-0.25, -0.2) is 0 Å². The molecular formula is C14H24N4O5S. The van der Waals surface area contributed by atoms with Crippen LogP contribution < -0.4 is 0 Å². The second-order valence-electron chi connectivity index (χ2n) is 6.48. The molecule has 9 nitrogen and oxygen atoms in total. The second kappa shape index (κ2) is 7.58. The average Bonchev–Trinajstić information content (AvgIpc) is 2.93. The van der Waals surface area contributed by atoms with Crippen LogP contribution in [0.15, 0.2) is 4.52 Å². The van der Waals surface area contributed by atoms with Crippen LogP contribution in [0.5, 0.6) is 0 Å². The lowest BCUT2D eigenvalue weighted by Gasteiger charge is -2.31. The Hall–Kier alpha value is -1.52. The Balaban J connectivity index is 1.96. The van der Waals surface area contributed by atoms with Gasteiger partial charge in [0.2, 0.25) is 5.89 Å². The summed E-state index contributed by atoms with van der Waals surface area (Å²) in [6.07, 6.45) is 1.29. The van der Waals surface area contributed by atoms with Gasteiger partial charge >= 0.3 is 5.97 Å². The zero-order chi connectivity index (χ0) is 17.9. The number of piperidine rings is 1. The van der Waals surface area contributed by atoms with Gasteiger partial charge in [-0.2, -0.15) is 22.0 Å². The van der Waals surface area contributed by atoms with E-state index in [2.05, 4.69) is 10.1 Å². The highest BCUT2D eigenvalue weighted by Gasteiger charge is 2.33. The highest BCUT2D eigenvalue weighted by molar-refractivity contribution is 7.86. The molecule has 0 amide bonds. The van der Waals surface area contributed by atoms with Crippen LogP contribution in [0.3, 0.4) is 0 Å². The Morgan fingerprint density at radius 2 is 2.04 bits per heavy atom. The minimum Gasteiger partial charge on any atom is -0.481 e. The van der Waals surface area contributed by atoms with Gasteiger partial charge in [0, 0.05) is 26.6 Å². The second-order valence-corrected chi connectivity index (χ2v) is 8.51. The standard InChI is InChI=1S/C14H24N4O5S/c1-10(2)8-13-15-12(16-23-13)9-17(3)24(21,22)18-6-4-11(5-7-18)14(19)20/h10-11H,4-9H2,1-3H3,(H,19,20). The summed E-state index contributed by atoms with van der Waals surface area (Å²) in [5, 5.41) is 12.8. The van der Waals surface area contributed by atoms with Crippen molar-refractivity contribution in [3.8, 4) is 0 Å². The van der Waals surface area contributed by atoms with Gasteiger partial charge in [0.1, 0.15) is 0 Å². The van der Waals surface area contributed by atoms with E-state index in [0.29, 0.717) is 36.9 Å². The predicted molar refractivity (Wildman–Crippen MR) is 85.2 cm³/mol. The first-order valence-electron chi connectivity index (χ1n) is 7.95. The summed E-state index contributed by atoms with van der Waals surface area (Å²) < 4.78 is 32.7. The molecule has 0 radical (unpaired) electrons. The molecule has 24 heavy (non-hydrogen) atoms. The molecule has 1 saturated heterocycles. The molecule has 1 aliphatic rings. The number of carboxylic acid groups (broad SMARTS) is 1. The molecule has 1 N–H and O–H groups in total. The topological polar surface area (TPSA) is 117 Å². The third kappa shape index (κ3) is 4.52. The van der Waals surface area contributed by atoms with Crippen LogP contribution in [0.2, 0.25) is 0 Å². The van der Waals surface area contributed by atoms with Crippen molar-refractivity contribution in [1.82, 2.24) is 18.8 Å². The SMILES string of the molecule is CC(C)Cc1nc(CN(C)S(=O)(=O)N2CCC(C(=O)O)CC2)no1. The quantitative estimate of drug-likeness (QED) is 0.762. The van der Waals surface area contributed by atoms with Crippen LogP contribution >= 0.6 is 0 Å². The van der Waals surface area contributed by atoms with Crippen LogP contribution in [0.25, 0.3) is 0 Å². The summed E-state index contributed by atoms with van der Waals surface area (Å²) in [4.78, 5) is 15.2. The molecule has 1 aromatic heterocycles. The van der Waals surface area contributed by atoms with Gasteiger partial charge < -0.3 is 9.63 Å². The molecule has 1 fully saturated rings. The van der Waals surface area contributed by atoms with Crippen LogP contribution in [0.1, 0.15) is 38.4 Å². The number of carboxylic acids is 1. The molecular weight excluding hydrogens is 336 g/mol. The molecule has 1 aliphatic heterocycles. The molecule has 1 aromatic rings. The lowest BCUT2D eigenvalue weighted by Crippen LogP contribution is -2.46. The first kappa shape index (κ1) is 18.8. The van der Waals surface area contributed by atoms with Gasteiger partial charge in [0.25, 0.3) is 10.2 Å². The molecule has 0 saturated carbocycles. The monoisotopic (exact) mass is 360 g/mol. The molecule has 0 aliphatic carbocycles. The summed E-state index contributed by atoms with van der Waals surface area (Å²) >= 11 is 0. The Morgan fingerprint density at radius 3 is 2.58 bits per heavy atom. The Bertz CT molecular complexity index is 664. The van der Waals surface area contributed by atoms with Gasteiger partial charge in [0.15, 0.2) is 5.82 Å². The maximum Gasteiger partial charge on any atom is 0.306 e. The lowest BCUT2D eigenvalue weighted by atomic mass is 9.99. The molecule has 0 bridgehead atoms. The van der Waals surface area contributed by atoms with Crippen molar-refractivity contribution in [2.75, 3.05) is 20.1 Å². The third-order valence-corrected chi connectivity index (χ3v) is 5.91. The third-order valence-electron chi connectivity index (χ3n) is 3.98. The van der Waals surface area contributed by atoms with E-state index >= 15 is 0 Å². The molecule has 10 heteroatoms. The number of carbonyl (C=O) groups is 1. The van der Waals surface area contributed by atoms with E-state index in [9.17, 15) is 13.2 Å². The minimum absolute atomic E-state index is 0.0167. The van der Waals surface area contributed by atoms with Gasteiger partial charge in [0.05, 0.1) is 12.5 Å². The van der Waals surface area contributed by atoms with E-state index in [1.54, 1.807) is 0 Å². The number of nitrogens with zero attached hydrogens (tertiary/aromatic N) is 4. The fraction of sp³-hybridized carbons (Fsp3) is 0.786. The maximum atomic E-state index is 12.6. The number of aromatic nitrogens is 2. The van der Waals surface area contributed by atoms with Crippen LogP contribution in [-0.4, -0.2) is 58.4 Å². The normalized spacial score (nSPS) is 17.7. The summed E-state index contributed by atoms with van der Waals surface area (Å²) in [5.74, 6) is -0.164. The van der Waals surface area contributed by atoms with Crippen molar-refractivity contribution in [2.24, 2.45) is 11.8 Å². The van der Waals surface area contributed by atoms with Crippen molar-refractivity contribution in [3.63, 3.8) is 0 Å². The lowest BCUT2D eigenvalue weighted by molar-refractivity contribution is -0.142. The molecule has 0 aromatic carbocycles. The summed E-state index contributed by atoms with van der Waals surface area (Å²) in [5.41, 5.74) is 0. The highest BCUT2D eigenvalue weighted by atomic mass is 32.2. The molecule has 2 rings (SSSR count). The molecule has 0 spiro atoms. The number of hydrogen-bond acceptors (Lipinski definition) is 6. The summed E-state index contributed by atoms with van der Waals surface area (Å²) in [6.45, 7) is 4.48. The van der Waals surface area contributed by atoms with Crippen LogP contribution in [0.4, 0.5) is 0 Å². The van der Waals surface area contributed by atoms with E-state index in [1.807, 2.05) is 13.8 Å². The number of hydrogen-bond donors (Lipinski definition) is 1. The number of rotatable bonds is 7. The fourth-order valence-electron chi connectivity index (χ4n) is 2.60. The van der Waals surface area contributed by atoms with E-state index in [0.717, 1.165) is 4.31 Å². The summed E-state index contributed by atoms with van der Waals surface area (Å²) in [7, 11) is -2.22. The Labute approximate surface area is 141 Å². The van der Waals surface area contributed by atoms with Crippen molar-refractivity contribution in [2.45, 2.75) is 39.7 Å². The molecule has 0 atom stereocenters. The van der Waals surface area contributed by atoms with Gasteiger partial charge in [-0.15, -0.1) is 0 Å². The van der Waals surface area contributed by atoms with Gasteiger partial charge in [-0.1, -0.05) is 19.0 Å². The Morgan fingerprint density at radius 1 is 1.42 bits per heavy atom. The van der Waals surface area contributed by atoms with Crippen molar-refractivity contribution in [1.29, 1.82) is 0 Å². The largest absolute Gasteiger partial charge is 0.481 e. The van der Waals surface area contributed by atoms with Crippen LogP contribution in [0, 0.1) is 11.8 Å². The molecule has 136 valence electrons. The van der Waals surface area contributed by atoms with E-state index in [-0.39, 0.29) is 19.6 Å². The molecule has 0 unspecified atom stereocenters. The molecule has 2 heterocycles. The van der Waals surface area contributed by atoms with Gasteiger partial charge in [-0.3, -0.25) is 4.79 Å². The van der Waals surface area contributed by atoms with Gasteiger partial charge in [-0.05, 0) is 18.8 Å². The van der Waals surface area contributed by atoms with Crippen molar-refractivity contribution >= 4 is 16.2 Å². The smallest absolute Gasteiger partial charge is 0.306 e. The van der Waals surface area contributed by atoms with E-state index < -0.39 is 22.1 Å².